The van der Waals surface area contributed by atoms with Gasteiger partial charge in [0.25, 0.3) is 5.92 Å². The molecule has 1 atom stereocenters. The van der Waals surface area contributed by atoms with Crippen LogP contribution in [0.15, 0.2) is 41.3 Å². The number of nitrogens with zero attached hydrogens (tertiary/aromatic N) is 6. The summed E-state index contributed by atoms with van der Waals surface area (Å²) in [5.41, 5.74) is 0.644. The van der Waals surface area contributed by atoms with Crippen molar-refractivity contribution in [1.82, 2.24) is 24.7 Å². The minimum absolute atomic E-state index is 0.0101. The van der Waals surface area contributed by atoms with Gasteiger partial charge in [0.05, 0.1) is 18.9 Å². The van der Waals surface area contributed by atoms with Gasteiger partial charge in [-0.15, -0.1) is 0 Å². The summed E-state index contributed by atoms with van der Waals surface area (Å²) < 4.78 is 66.7. The lowest BCUT2D eigenvalue weighted by atomic mass is 10.0. The molecule has 0 saturated heterocycles. The van der Waals surface area contributed by atoms with Crippen molar-refractivity contribution in [2.75, 3.05) is 6.54 Å². The fourth-order valence-electron chi connectivity index (χ4n) is 3.58. The zero-order valence-electron chi connectivity index (χ0n) is 17.2. The van der Waals surface area contributed by atoms with Crippen LogP contribution in [0.3, 0.4) is 0 Å². The van der Waals surface area contributed by atoms with Crippen LogP contribution in [0.1, 0.15) is 35.4 Å². The van der Waals surface area contributed by atoms with Crippen molar-refractivity contribution >= 4 is 23.7 Å². The van der Waals surface area contributed by atoms with Gasteiger partial charge in [-0.3, -0.25) is 4.79 Å². The quantitative estimate of drug-likeness (QED) is 0.429. The Morgan fingerprint density at radius 1 is 1.18 bits per heavy atom. The number of aromatic nitrogens is 3. The molecule has 0 fully saturated rings. The summed E-state index contributed by atoms with van der Waals surface area (Å²) in [4.78, 5) is 16.9. The average Bonchev–Trinajstić information content (AvgIpc) is 3.41. The summed E-state index contributed by atoms with van der Waals surface area (Å²) in [7, 11) is 0. The van der Waals surface area contributed by atoms with Gasteiger partial charge in [-0.2, -0.15) is 23.4 Å². The number of aldehydes is 1. The third-order valence-corrected chi connectivity index (χ3v) is 5.49. The van der Waals surface area contributed by atoms with E-state index in [2.05, 4.69) is 15.2 Å². The highest BCUT2D eigenvalue weighted by atomic mass is 35.5. The fourth-order valence-corrected chi connectivity index (χ4v) is 3.70. The number of hydrazone groups is 1. The fraction of sp³-hybridized carbons (Fsp3) is 0.400. The molecule has 0 aliphatic carbocycles. The smallest absolute Gasteiger partial charge is 0.309 e. The van der Waals surface area contributed by atoms with E-state index in [1.807, 2.05) is 0 Å². The Morgan fingerprint density at radius 3 is 2.48 bits per heavy atom. The van der Waals surface area contributed by atoms with E-state index in [1.165, 1.54) is 11.1 Å². The molecule has 2 aromatic rings. The van der Waals surface area contributed by atoms with Crippen molar-refractivity contribution in [3.8, 4) is 0 Å². The van der Waals surface area contributed by atoms with Gasteiger partial charge in [0, 0.05) is 24.1 Å². The zero-order chi connectivity index (χ0) is 24.0. The predicted molar refractivity (Wildman–Crippen MR) is 109 cm³/mol. The number of amidine groups is 1. The van der Waals surface area contributed by atoms with Gasteiger partial charge in [-0.25, -0.2) is 23.5 Å². The van der Waals surface area contributed by atoms with Gasteiger partial charge < -0.3 is 4.90 Å². The normalized spacial score (nSPS) is 18.5. The first-order valence-electron chi connectivity index (χ1n) is 9.89. The Balaban J connectivity index is 1.63. The standard InChI is InChI=1S/C20H18ClF5N6O/c1-19(22,23)13-8-17-30(9-13)18(12-2-4-14(21)5-3-12)29-32(17)10-15-27-16(11-33)31(28-15)7-6-20(24,25)26/h2-5,8,11,13H,6-7,9-10H2,1H3. The Hall–Kier alpha value is -3.02. The summed E-state index contributed by atoms with van der Waals surface area (Å²) in [5, 5.41) is 10.4. The average molecular weight is 489 g/mol. The lowest BCUT2D eigenvalue weighted by Gasteiger charge is -2.21. The van der Waals surface area contributed by atoms with Crippen molar-refractivity contribution in [2.45, 2.75) is 38.5 Å². The molecule has 1 aromatic heterocycles. The third kappa shape index (κ3) is 5.00. The van der Waals surface area contributed by atoms with Crippen LogP contribution in [-0.4, -0.2) is 55.4 Å². The summed E-state index contributed by atoms with van der Waals surface area (Å²) in [6.45, 7) is 0.133. The Kier molecular flexibility index (Phi) is 5.89. The number of aryl methyl sites for hydroxylation is 1. The topological polar surface area (TPSA) is 66.6 Å². The van der Waals surface area contributed by atoms with E-state index >= 15 is 0 Å². The largest absolute Gasteiger partial charge is 0.390 e. The SMILES string of the molecule is CC(F)(F)C1C=C2N(Cc3nc(C=O)n(CCC(F)(F)F)n3)N=C(c3ccc(Cl)cc3)N2C1. The van der Waals surface area contributed by atoms with Crippen molar-refractivity contribution in [3.63, 3.8) is 0 Å². The Morgan fingerprint density at radius 2 is 1.88 bits per heavy atom. The number of alkyl halides is 5. The lowest BCUT2D eigenvalue weighted by molar-refractivity contribution is -0.137. The maximum absolute atomic E-state index is 14.0. The van der Waals surface area contributed by atoms with Gasteiger partial charge in [-0.05, 0) is 30.3 Å². The molecule has 176 valence electrons. The molecule has 0 bridgehead atoms. The molecule has 7 nitrogen and oxygen atoms in total. The number of fused-ring (bicyclic) bond motifs is 1. The molecule has 4 rings (SSSR count). The second-order valence-electron chi connectivity index (χ2n) is 7.78. The number of hydrogen-bond acceptors (Lipinski definition) is 6. The number of halogens is 6. The van der Waals surface area contributed by atoms with E-state index in [1.54, 1.807) is 29.2 Å². The molecule has 0 amide bonds. The van der Waals surface area contributed by atoms with Crippen molar-refractivity contribution < 1.29 is 26.7 Å². The summed E-state index contributed by atoms with van der Waals surface area (Å²) in [6.07, 6.45) is -3.89. The van der Waals surface area contributed by atoms with Crippen LogP contribution in [0.25, 0.3) is 0 Å². The molecule has 2 aliphatic heterocycles. The monoisotopic (exact) mass is 488 g/mol. The molecule has 33 heavy (non-hydrogen) atoms. The molecule has 0 saturated carbocycles. The maximum atomic E-state index is 14.0. The number of carbonyl (C=O) groups is 1. The minimum atomic E-state index is -4.42. The molecule has 3 heterocycles. The number of hydrogen-bond donors (Lipinski definition) is 0. The van der Waals surface area contributed by atoms with Gasteiger partial charge in [0.1, 0.15) is 12.4 Å². The number of rotatable bonds is 7. The molecule has 1 aromatic carbocycles. The molecule has 0 N–H and O–H groups in total. The van der Waals surface area contributed by atoms with E-state index in [4.69, 9.17) is 11.6 Å². The molecular weight excluding hydrogens is 471 g/mol. The first kappa shape index (κ1) is 23.1. The second-order valence-corrected chi connectivity index (χ2v) is 8.22. The zero-order valence-corrected chi connectivity index (χ0v) is 18.0. The van der Waals surface area contributed by atoms with E-state index in [9.17, 15) is 26.7 Å². The van der Waals surface area contributed by atoms with E-state index in [0.717, 1.165) is 11.6 Å². The molecule has 0 spiro atoms. The van der Waals surface area contributed by atoms with Crippen LogP contribution >= 0.6 is 11.6 Å². The Labute approximate surface area is 190 Å². The van der Waals surface area contributed by atoms with E-state index < -0.39 is 31.0 Å². The Bertz CT molecular complexity index is 1110. The van der Waals surface area contributed by atoms with E-state index in [0.29, 0.717) is 28.5 Å². The van der Waals surface area contributed by atoms with Crippen molar-refractivity contribution in [3.05, 3.63) is 58.4 Å². The van der Waals surface area contributed by atoms with Crippen LogP contribution in [0, 0.1) is 5.92 Å². The first-order valence-corrected chi connectivity index (χ1v) is 10.3. The number of benzene rings is 1. The van der Waals surface area contributed by atoms with Gasteiger partial charge in [0.2, 0.25) is 0 Å². The van der Waals surface area contributed by atoms with Crippen molar-refractivity contribution in [2.24, 2.45) is 11.0 Å². The third-order valence-electron chi connectivity index (χ3n) is 5.24. The summed E-state index contributed by atoms with van der Waals surface area (Å²) in [6, 6.07) is 6.70. The van der Waals surface area contributed by atoms with Crippen LogP contribution in [0.4, 0.5) is 22.0 Å². The highest BCUT2D eigenvalue weighted by molar-refractivity contribution is 6.30. The molecule has 0 radical (unpaired) electrons. The van der Waals surface area contributed by atoms with E-state index in [-0.39, 0.29) is 24.7 Å². The minimum Gasteiger partial charge on any atom is -0.309 e. The van der Waals surface area contributed by atoms with Gasteiger partial charge in [-0.1, -0.05) is 11.6 Å². The molecular formula is C20H18ClF5N6O. The van der Waals surface area contributed by atoms with Crippen LogP contribution in [0.5, 0.6) is 0 Å². The molecule has 2 aliphatic rings. The molecule has 13 heteroatoms. The predicted octanol–water partition coefficient (Wildman–Crippen LogP) is 4.30. The molecule has 1 unspecified atom stereocenters. The first-order chi connectivity index (χ1) is 15.4. The van der Waals surface area contributed by atoms with Crippen LogP contribution < -0.4 is 0 Å². The lowest BCUT2D eigenvalue weighted by Crippen LogP contribution is -2.32. The van der Waals surface area contributed by atoms with Crippen LogP contribution in [0.2, 0.25) is 5.02 Å². The highest BCUT2D eigenvalue weighted by Gasteiger charge is 2.44. The second kappa shape index (κ2) is 8.40. The van der Waals surface area contributed by atoms with Crippen LogP contribution in [-0.2, 0) is 13.1 Å². The summed E-state index contributed by atoms with van der Waals surface area (Å²) in [5.74, 6) is -3.48. The highest BCUT2D eigenvalue weighted by Crippen LogP contribution is 2.38. The number of carbonyl (C=O) groups excluding carboxylic acids is 1. The van der Waals surface area contributed by atoms with Crippen molar-refractivity contribution in [1.29, 1.82) is 0 Å². The van der Waals surface area contributed by atoms with Gasteiger partial charge >= 0.3 is 6.18 Å². The maximum Gasteiger partial charge on any atom is 0.390 e. The van der Waals surface area contributed by atoms with Gasteiger partial charge in [0.15, 0.2) is 23.8 Å². The summed E-state index contributed by atoms with van der Waals surface area (Å²) >= 11 is 5.94.